The molecule has 4 aromatic heterocycles. The van der Waals surface area contributed by atoms with Crippen LogP contribution in [-0.4, -0.2) is 0 Å². The monoisotopic (exact) mass is 418 g/mol. The van der Waals surface area contributed by atoms with Crippen molar-refractivity contribution in [3.8, 4) is 0 Å². The van der Waals surface area contributed by atoms with Gasteiger partial charge in [-0.15, -0.1) is 0 Å². The molecular weight excluding hydrogens is 400 g/mol. The Morgan fingerprint density at radius 3 is 1.41 bits per heavy atom. The molecule has 0 fully saturated rings. The molecule has 0 N–H and O–H groups in total. The van der Waals surface area contributed by atoms with Gasteiger partial charge in [-0.25, -0.2) is 0 Å². The molecule has 0 bridgehead atoms. The van der Waals surface area contributed by atoms with Crippen molar-refractivity contribution in [2.75, 3.05) is 0 Å². The Labute approximate surface area is 181 Å². The van der Waals surface area contributed by atoms with E-state index in [9.17, 15) is 0 Å². The van der Waals surface area contributed by atoms with Crippen molar-refractivity contribution in [2.24, 2.45) is 0 Å². The van der Waals surface area contributed by atoms with Gasteiger partial charge >= 0.3 is 0 Å². The van der Waals surface area contributed by atoms with E-state index in [1.165, 1.54) is 21.5 Å². The SMILES string of the molecule is CCc1cc2oc3c(cc4ccc5c6oc7cc(CC)oc7c6cc6ccc3c4c65)c2o1. The Bertz CT molecular complexity index is 1860. The lowest BCUT2D eigenvalue weighted by atomic mass is 9.92. The predicted molar refractivity (Wildman–Crippen MR) is 128 cm³/mol. The third kappa shape index (κ3) is 1.85. The first-order valence-corrected chi connectivity index (χ1v) is 11.1. The Hall–Kier alpha value is -3.92. The molecule has 4 nitrogen and oxygen atoms in total. The fourth-order valence-electron chi connectivity index (χ4n) is 5.40. The van der Waals surface area contributed by atoms with Crippen LogP contribution in [0.25, 0.3) is 76.6 Å². The molecule has 0 saturated carbocycles. The molecule has 8 rings (SSSR count). The molecule has 0 amide bonds. The molecule has 4 heterocycles. The van der Waals surface area contributed by atoms with E-state index < -0.39 is 0 Å². The number of furan rings is 4. The first kappa shape index (κ1) is 16.7. The van der Waals surface area contributed by atoms with Crippen molar-refractivity contribution in [1.29, 1.82) is 0 Å². The molecule has 0 aliphatic rings. The molecule has 32 heavy (non-hydrogen) atoms. The third-order valence-electron chi connectivity index (χ3n) is 6.91. The minimum Gasteiger partial charge on any atom is -0.457 e. The summed E-state index contributed by atoms with van der Waals surface area (Å²) in [6, 6.07) is 17.1. The zero-order valence-electron chi connectivity index (χ0n) is 17.7. The van der Waals surface area contributed by atoms with Gasteiger partial charge in [0.15, 0.2) is 22.3 Å². The lowest BCUT2D eigenvalue weighted by Crippen LogP contribution is -1.85. The average Bonchev–Trinajstić information content (AvgIpc) is 3.55. The molecule has 0 aliphatic carbocycles. The van der Waals surface area contributed by atoms with Crippen LogP contribution in [0.2, 0.25) is 0 Å². The maximum absolute atomic E-state index is 6.31. The number of hydrogen-bond acceptors (Lipinski definition) is 4. The fraction of sp³-hybridized carbons (Fsp3) is 0.143. The zero-order valence-corrected chi connectivity index (χ0v) is 17.7. The summed E-state index contributed by atoms with van der Waals surface area (Å²) in [7, 11) is 0. The Kier molecular flexibility index (Phi) is 2.86. The first-order chi connectivity index (χ1) is 15.7. The van der Waals surface area contributed by atoms with Gasteiger partial charge in [-0.1, -0.05) is 26.0 Å². The third-order valence-corrected chi connectivity index (χ3v) is 6.91. The zero-order chi connectivity index (χ0) is 21.1. The van der Waals surface area contributed by atoms with Crippen molar-refractivity contribution in [2.45, 2.75) is 26.7 Å². The van der Waals surface area contributed by atoms with Gasteiger partial charge in [-0.05, 0) is 35.0 Å². The number of fused-ring (bicyclic) bond motifs is 8. The molecule has 0 saturated heterocycles. The summed E-state index contributed by atoms with van der Waals surface area (Å²) in [6.45, 7) is 4.18. The van der Waals surface area contributed by atoms with Crippen LogP contribution < -0.4 is 0 Å². The van der Waals surface area contributed by atoms with E-state index in [1.807, 2.05) is 12.1 Å². The highest BCUT2D eigenvalue weighted by Gasteiger charge is 2.22. The number of hydrogen-bond donors (Lipinski definition) is 0. The molecule has 4 aromatic carbocycles. The lowest BCUT2D eigenvalue weighted by molar-refractivity contribution is 0.559. The predicted octanol–water partition coefficient (Wildman–Crippen LogP) is 8.69. The van der Waals surface area contributed by atoms with Crippen LogP contribution in [0.4, 0.5) is 0 Å². The standard InChI is InChI=1S/C28H18O4/c1-3-15-11-21-27(29-15)19-9-13-5-8-18-24-14(6-7-17(23(13)24)25(19)31-21)10-20-26(18)32-22-12-16(4-2)30-28(20)22/h5-12H,3-4H2,1-2H3. The van der Waals surface area contributed by atoms with Gasteiger partial charge in [0, 0.05) is 46.5 Å². The Balaban J connectivity index is 1.56. The maximum atomic E-state index is 6.31. The van der Waals surface area contributed by atoms with Gasteiger partial charge in [0.1, 0.15) is 22.7 Å². The van der Waals surface area contributed by atoms with Gasteiger partial charge < -0.3 is 17.7 Å². The normalized spacial score (nSPS) is 12.9. The summed E-state index contributed by atoms with van der Waals surface area (Å²) < 4.78 is 24.8. The number of benzene rings is 4. The average molecular weight is 418 g/mol. The van der Waals surface area contributed by atoms with Crippen LogP contribution in [-0.2, 0) is 12.8 Å². The number of rotatable bonds is 2. The summed E-state index contributed by atoms with van der Waals surface area (Å²) in [6.07, 6.45) is 1.70. The van der Waals surface area contributed by atoms with Crippen molar-refractivity contribution in [1.82, 2.24) is 0 Å². The molecule has 0 spiro atoms. The van der Waals surface area contributed by atoms with E-state index in [1.54, 1.807) is 0 Å². The Morgan fingerprint density at radius 2 is 0.969 bits per heavy atom. The summed E-state index contributed by atoms with van der Waals surface area (Å²) >= 11 is 0. The van der Waals surface area contributed by atoms with Crippen molar-refractivity contribution in [3.63, 3.8) is 0 Å². The van der Waals surface area contributed by atoms with Crippen LogP contribution in [0.15, 0.2) is 66.2 Å². The van der Waals surface area contributed by atoms with Gasteiger partial charge in [-0.3, -0.25) is 0 Å². The van der Waals surface area contributed by atoms with E-state index in [4.69, 9.17) is 17.7 Å². The quantitative estimate of drug-likeness (QED) is 0.263. The largest absolute Gasteiger partial charge is 0.457 e. The van der Waals surface area contributed by atoms with E-state index in [0.29, 0.717) is 0 Å². The van der Waals surface area contributed by atoms with Gasteiger partial charge in [0.05, 0.1) is 10.8 Å². The van der Waals surface area contributed by atoms with Gasteiger partial charge in [-0.2, -0.15) is 0 Å². The molecule has 0 radical (unpaired) electrons. The molecule has 154 valence electrons. The van der Waals surface area contributed by atoms with Crippen LogP contribution in [0.5, 0.6) is 0 Å². The Morgan fingerprint density at radius 1 is 0.500 bits per heavy atom. The van der Waals surface area contributed by atoms with Crippen molar-refractivity contribution >= 4 is 76.6 Å². The number of aryl methyl sites for hydroxylation is 2. The second kappa shape index (κ2) is 5.46. The van der Waals surface area contributed by atoms with Crippen LogP contribution in [0.3, 0.4) is 0 Å². The van der Waals surface area contributed by atoms with Crippen molar-refractivity contribution in [3.05, 3.63) is 60.1 Å². The van der Waals surface area contributed by atoms with Crippen LogP contribution >= 0.6 is 0 Å². The minimum absolute atomic E-state index is 0.812. The molecular formula is C28H18O4. The van der Waals surface area contributed by atoms with Crippen molar-refractivity contribution < 1.29 is 17.7 Å². The highest BCUT2D eigenvalue weighted by molar-refractivity contribution is 6.33. The van der Waals surface area contributed by atoms with E-state index in [2.05, 4.69) is 50.2 Å². The summed E-state index contributed by atoms with van der Waals surface area (Å²) in [5.41, 5.74) is 5.05. The van der Waals surface area contributed by atoms with E-state index in [0.717, 1.165) is 79.4 Å². The summed E-state index contributed by atoms with van der Waals surface area (Å²) in [5.74, 6) is 1.89. The van der Waals surface area contributed by atoms with Gasteiger partial charge in [0.25, 0.3) is 0 Å². The van der Waals surface area contributed by atoms with Gasteiger partial charge in [0.2, 0.25) is 0 Å². The first-order valence-electron chi connectivity index (χ1n) is 11.1. The fourth-order valence-corrected chi connectivity index (χ4v) is 5.40. The highest BCUT2D eigenvalue weighted by atomic mass is 16.4. The summed E-state index contributed by atoms with van der Waals surface area (Å²) in [4.78, 5) is 0. The molecule has 4 heteroatoms. The van der Waals surface area contributed by atoms with Crippen LogP contribution in [0, 0.1) is 0 Å². The minimum atomic E-state index is 0.812. The molecule has 0 unspecified atom stereocenters. The second-order valence-corrected chi connectivity index (χ2v) is 8.65. The van der Waals surface area contributed by atoms with E-state index in [-0.39, 0.29) is 0 Å². The topological polar surface area (TPSA) is 52.6 Å². The second-order valence-electron chi connectivity index (χ2n) is 8.65. The highest BCUT2D eigenvalue weighted by Crippen LogP contribution is 2.45. The molecule has 8 aromatic rings. The lowest BCUT2D eigenvalue weighted by Gasteiger charge is -2.11. The van der Waals surface area contributed by atoms with Crippen LogP contribution in [0.1, 0.15) is 25.4 Å². The maximum Gasteiger partial charge on any atom is 0.180 e. The smallest absolute Gasteiger partial charge is 0.180 e. The molecule has 0 atom stereocenters. The molecule has 0 aliphatic heterocycles. The summed E-state index contributed by atoms with van der Waals surface area (Å²) in [5, 5.41) is 8.99. The van der Waals surface area contributed by atoms with E-state index >= 15 is 0 Å².